The molecule has 156 valence electrons. The van der Waals surface area contributed by atoms with Gasteiger partial charge < -0.3 is 14.6 Å². The van der Waals surface area contributed by atoms with Crippen LogP contribution in [0.1, 0.15) is 34.5 Å². The Morgan fingerprint density at radius 3 is 2.57 bits per heavy atom. The Bertz CT molecular complexity index is 1200. The van der Waals surface area contributed by atoms with E-state index >= 15 is 0 Å². The van der Waals surface area contributed by atoms with Gasteiger partial charge in [-0.15, -0.1) is 0 Å². The highest BCUT2D eigenvalue weighted by molar-refractivity contribution is 6.01. The van der Waals surface area contributed by atoms with Crippen LogP contribution in [0.2, 0.25) is 0 Å². The number of halogens is 3. The second-order valence-corrected chi connectivity index (χ2v) is 6.72. The number of ether oxygens (including phenoxy) is 2. The number of hydrogen-bond donors (Lipinski definition) is 1. The molecule has 1 unspecified atom stereocenters. The van der Waals surface area contributed by atoms with Gasteiger partial charge in [0, 0.05) is 5.39 Å². The van der Waals surface area contributed by atoms with Gasteiger partial charge in [-0.3, -0.25) is 9.36 Å². The van der Waals surface area contributed by atoms with Gasteiger partial charge in [-0.25, -0.2) is 4.79 Å². The lowest BCUT2D eigenvalue weighted by molar-refractivity contribution is -0.137. The van der Waals surface area contributed by atoms with Crippen molar-refractivity contribution in [1.82, 2.24) is 4.57 Å². The Morgan fingerprint density at radius 1 is 1.23 bits per heavy atom. The zero-order valence-electron chi connectivity index (χ0n) is 15.7. The number of aromatic hydroxyl groups is 1. The highest BCUT2D eigenvalue weighted by Crippen LogP contribution is 2.39. The first-order valence-electron chi connectivity index (χ1n) is 9.11. The highest BCUT2D eigenvalue weighted by Gasteiger charge is 2.33. The maximum absolute atomic E-state index is 13.2. The van der Waals surface area contributed by atoms with E-state index in [0.29, 0.717) is 11.3 Å². The van der Waals surface area contributed by atoms with Crippen LogP contribution in [-0.2, 0) is 10.9 Å². The smallest absolute Gasteiger partial charge is 0.416 e. The van der Waals surface area contributed by atoms with E-state index in [-0.39, 0.29) is 24.1 Å². The van der Waals surface area contributed by atoms with Crippen molar-refractivity contribution in [2.45, 2.75) is 19.1 Å². The van der Waals surface area contributed by atoms with E-state index in [9.17, 15) is 27.9 Å². The number of nitrogens with zero attached hydrogens (tertiary/aromatic N) is 1. The van der Waals surface area contributed by atoms with E-state index in [0.717, 1.165) is 12.1 Å². The van der Waals surface area contributed by atoms with E-state index in [1.165, 1.54) is 22.8 Å². The van der Waals surface area contributed by atoms with Crippen LogP contribution in [0.3, 0.4) is 0 Å². The molecule has 9 heteroatoms. The molecule has 1 N–H and O–H groups in total. The first kappa shape index (κ1) is 19.8. The first-order valence-corrected chi connectivity index (χ1v) is 9.11. The van der Waals surface area contributed by atoms with Gasteiger partial charge in [0.05, 0.1) is 23.7 Å². The monoisotopic (exact) mass is 419 g/mol. The van der Waals surface area contributed by atoms with Gasteiger partial charge in [0.2, 0.25) is 0 Å². The van der Waals surface area contributed by atoms with Crippen LogP contribution in [-0.4, -0.2) is 28.9 Å². The molecule has 0 bridgehead atoms. The van der Waals surface area contributed by atoms with Crippen LogP contribution >= 0.6 is 0 Å². The van der Waals surface area contributed by atoms with Crippen LogP contribution in [0.4, 0.5) is 13.2 Å². The number of esters is 1. The minimum atomic E-state index is -4.49. The van der Waals surface area contributed by atoms with E-state index in [1.807, 2.05) is 0 Å². The molecule has 6 nitrogen and oxygen atoms in total. The molecule has 0 radical (unpaired) electrons. The average molecular weight is 419 g/mol. The topological polar surface area (TPSA) is 77.8 Å². The summed E-state index contributed by atoms with van der Waals surface area (Å²) in [6.45, 7) is 1.53. The molecule has 0 aliphatic carbocycles. The van der Waals surface area contributed by atoms with Gasteiger partial charge in [-0.2, -0.15) is 13.2 Å². The van der Waals surface area contributed by atoms with Crippen LogP contribution in [0, 0.1) is 0 Å². The summed E-state index contributed by atoms with van der Waals surface area (Å²) < 4.78 is 50.6. The van der Waals surface area contributed by atoms with Gasteiger partial charge >= 0.3 is 12.1 Å². The molecule has 3 aromatic rings. The minimum Gasteiger partial charge on any atom is -0.506 e. The molecule has 2 heterocycles. The molecule has 0 spiro atoms. The molecule has 30 heavy (non-hydrogen) atoms. The lowest BCUT2D eigenvalue weighted by Crippen LogP contribution is -2.36. The average Bonchev–Trinajstić information content (AvgIpc) is 2.71. The largest absolute Gasteiger partial charge is 0.506 e. The molecule has 0 amide bonds. The molecule has 1 aromatic heterocycles. The van der Waals surface area contributed by atoms with Crippen molar-refractivity contribution in [3.05, 3.63) is 69.5 Å². The molecule has 0 saturated heterocycles. The third kappa shape index (κ3) is 3.06. The Hall–Kier alpha value is -3.49. The number of carbonyl (C=O) groups excluding carboxylic acids is 1. The second kappa shape index (κ2) is 7.08. The minimum absolute atomic E-state index is 0.00122. The molecular weight excluding hydrogens is 403 g/mol. The van der Waals surface area contributed by atoms with Crippen LogP contribution in [0.15, 0.2) is 47.3 Å². The lowest BCUT2D eigenvalue weighted by atomic mass is 10.0. The van der Waals surface area contributed by atoms with E-state index in [4.69, 9.17) is 9.47 Å². The van der Waals surface area contributed by atoms with Crippen molar-refractivity contribution in [2.24, 2.45) is 0 Å². The zero-order chi connectivity index (χ0) is 21.6. The number of pyridine rings is 1. The first-order chi connectivity index (χ1) is 14.2. The SMILES string of the molecule is CCOC(=O)c1c(O)c2cccc3c2n(c1=O)C(c1ccc(C(F)(F)F)cc1)CO3. The van der Waals surface area contributed by atoms with Crippen molar-refractivity contribution in [2.75, 3.05) is 13.2 Å². The molecule has 1 aliphatic heterocycles. The summed E-state index contributed by atoms with van der Waals surface area (Å²) in [5, 5.41) is 10.8. The van der Waals surface area contributed by atoms with E-state index in [2.05, 4.69) is 0 Å². The third-order valence-corrected chi connectivity index (χ3v) is 4.98. The molecule has 1 atom stereocenters. The molecule has 0 fully saturated rings. The standard InChI is InChI=1S/C21H16F3NO5/c1-2-29-20(28)16-18(26)13-4-3-5-15-17(13)25(19(16)27)14(10-30-15)11-6-8-12(9-7-11)21(22,23)24/h3-9,14,26H,2,10H2,1H3. The van der Waals surface area contributed by atoms with E-state index in [1.54, 1.807) is 19.1 Å². The number of rotatable bonds is 3. The molecule has 1 aliphatic rings. The molecular formula is C21H16F3NO5. The Labute approximate surface area is 168 Å². The fourth-order valence-corrected chi connectivity index (χ4v) is 3.60. The maximum Gasteiger partial charge on any atom is 0.416 e. The summed E-state index contributed by atoms with van der Waals surface area (Å²) in [6.07, 6.45) is -4.49. The summed E-state index contributed by atoms with van der Waals surface area (Å²) in [5.41, 5.74) is -1.51. The number of benzene rings is 2. The number of alkyl halides is 3. The lowest BCUT2D eigenvalue weighted by Gasteiger charge is -2.29. The number of hydrogen-bond acceptors (Lipinski definition) is 5. The third-order valence-electron chi connectivity index (χ3n) is 4.98. The van der Waals surface area contributed by atoms with E-state index < -0.39 is 40.6 Å². The van der Waals surface area contributed by atoms with Crippen LogP contribution in [0.5, 0.6) is 11.5 Å². The number of para-hydroxylation sites is 1. The summed E-state index contributed by atoms with van der Waals surface area (Å²) >= 11 is 0. The zero-order valence-corrected chi connectivity index (χ0v) is 15.7. The van der Waals surface area contributed by atoms with Gasteiger partial charge in [-0.05, 0) is 36.8 Å². The van der Waals surface area contributed by atoms with Gasteiger partial charge in [0.15, 0.2) is 5.56 Å². The van der Waals surface area contributed by atoms with Crippen molar-refractivity contribution < 1.29 is 32.5 Å². The van der Waals surface area contributed by atoms with Crippen LogP contribution in [0.25, 0.3) is 10.9 Å². The summed E-state index contributed by atoms with van der Waals surface area (Å²) in [5.74, 6) is -1.18. The van der Waals surface area contributed by atoms with Gasteiger partial charge in [0.1, 0.15) is 18.1 Å². The van der Waals surface area contributed by atoms with Crippen LogP contribution < -0.4 is 10.3 Å². The number of carbonyl (C=O) groups is 1. The maximum atomic E-state index is 13.2. The van der Waals surface area contributed by atoms with Gasteiger partial charge in [-0.1, -0.05) is 18.2 Å². The summed E-state index contributed by atoms with van der Waals surface area (Å²) in [6, 6.07) is 8.29. The molecule has 0 saturated carbocycles. The van der Waals surface area contributed by atoms with Crippen molar-refractivity contribution in [3.63, 3.8) is 0 Å². The fraction of sp³-hybridized carbons (Fsp3) is 0.238. The second-order valence-electron chi connectivity index (χ2n) is 6.72. The van der Waals surface area contributed by atoms with Crippen molar-refractivity contribution in [3.8, 4) is 11.5 Å². The molecule has 4 rings (SSSR count). The Morgan fingerprint density at radius 2 is 1.93 bits per heavy atom. The Balaban J connectivity index is 1.96. The summed E-state index contributed by atoms with van der Waals surface area (Å²) in [7, 11) is 0. The van der Waals surface area contributed by atoms with Crippen molar-refractivity contribution >= 4 is 16.9 Å². The highest BCUT2D eigenvalue weighted by atomic mass is 19.4. The van der Waals surface area contributed by atoms with Gasteiger partial charge in [0.25, 0.3) is 5.56 Å². The normalized spacial score (nSPS) is 15.7. The van der Waals surface area contributed by atoms with Crippen molar-refractivity contribution in [1.29, 1.82) is 0 Å². The predicted molar refractivity (Wildman–Crippen MR) is 101 cm³/mol. The predicted octanol–water partition coefficient (Wildman–Crippen LogP) is 3.88. The quantitative estimate of drug-likeness (QED) is 0.652. The number of aromatic nitrogens is 1. The fourth-order valence-electron chi connectivity index (χ4n) is 3.60. The summed E-state index contributed by atoms with van der Waals surface area (Å²) in [4.78, 5) is 25.6. The Kier molecular flexibility index (Phi) is 4.68. The molecule has 2 aromatic carbocycles.